The molecule has 0 aliphatic rings. The molecule has 0 saturated heterocycles. The SMILES string of the molecule is [CH2]CCCCCCCCc1ccco1. The van der Waals surface area contributed by atoms with E-state index in [1.807, 2.05) is 6.07 Å². The van der Waals surface area contributed by atoms with E-state index in [1.165, 1.54) is 38.5 Å². The molecule has 0 N–H and O–H groups in total. The normalized spacial score (nSPS) is 10.6. The van der Waals surface area contributed by atoms with Crippen LogP contribution in [0.3, 0.4) is 0 Å². The lowest BCUT2D eigenvalue weighted by atomic mass is 10.1. The monoisotopic (exact) mass is 193 g/mol. The number of aryl methyl sites for hydroxylation is 1. The Balaban J connectivity index is 1.85. The maximum atomic E-state index is 5.27. The zero-order valence-corrected chi connectivity index (χ0v) is 9.00. The third-order valence-electron chi connectivity index (χ3n) is 2.50. The second-order valence-electron chi connectivity index (χ2n) is 3.80. The zero-order chi connectivity index (χ0) is 10.1. The summed E-state index contributed by atoms with van der Waals surface area (Å²) in [5.74, 6) is 1.13. The molecule has 1 aromatic rings. The van der Waals surface area contributed by atoms with Gasteiger partial charge in [-0.1, -0.05) is 45.4 Å². The fourth-order valence-corrected chi connectivity index (χ4v) is 1.64. The average molecular weight is 193 g/mol. The smallest absolute Gasteiger partial charge is 0.103 e. The topological polar surface area (TPSA) is 13.1 Å². The van der Waals surface area contributed by atoms with E-state index in [1.54, 1.807) is 6.26 Å². The fourth-order valence-electron chi connectivity index (χ4n) is 1.64. The predicted octanol–water partition coefficient (Wildman–Crippen LogP) is 4.39. The quantitative estimate of drug-likeness (QED) is 0.558. The molecule has 0 unspecified atom stereocenters. The molecule has 0 atom stereocenters. The molecule has 0 saturated carbocycles. The molecule has 0 bridgehead atoms. The van der Waals surface area contributed by atoms with Gasteiger partial charge in [0.1, 0.15) is 5.76 Å². The van der Waals surface area contributed by atoms with Gasteiger partial charge >= 0.3 is 0 Å². The lowest BCUT2D eigenvalue weighted by molar-refractivity contribution is 0.491. The van der Waals surface area contributed by atoms with Crippen molar-refractivity contribution in [2.24, 2.45) is 0 Å². The molecule has 0 aromatic carbocycles. The largest absolute Gasteiger partial charge is 0.469 e. The molecule has 1 radical (unpaired) electrons. The second-order valence-corrected chi connectivity index (χ2v) is 3.80. The Kier molecular flexibility index (Phi) is 6.21. The summed E-state index contributed by atoms with van der Waals surface area (Å²) >= 11 is 0. The van der Waals surface area contributed by atoms with Gasteiger partial charge in [-0.05, 0) is 18.6 Å². The van der Waals surface area contributed by atoms with Crippen LogP contribution < -0.4 is 0 Å². The van der Waals surface area contributed by atoms with Gasteiger partial charge in [0.05, 0.1) is 6.26 Å². The maximum absolute atomic E-state index is 5.27. The molecular weight excluding hydrogens is 172 g/mol. The van der Waals surface area contributed by atoms with Crippen molar-refractivity contribution in [1.29, 1.82) is 0 Å². The summed E-state index contributed by atoms with van der Waals surface area (Å²) in [6.07, 6.45) is 11.9. The van der Waals surface area contributed by atoms with E-state index in [9.17, 15) is 0 Å². The molecule has 0 spiro atoms. The van der Waals surface area contributed by atoms with E-state index in [0.29, 0.717) is 0 Å². The number of furan rings is 1. The number of hydrogen-bond acceptors (Lipinski definition) is 1. The van der Waals surface area contributed by atoms with Gasteiger partial charge in [-0.15, -0.1) is 0 Å². The molecular formula is C13H21O. The first-order valence-electron chi connectivity index (χ1n) is 5.75. The van der Waals surface area contributed by atoms with E-state index in [0.717, 1.165) is 18.6 Å². The molecule has 1 nitrogen and oxygen atoms in total. The van der Waals surface area contributed by atoms with Crippen LogP contribution in [0, 0.1) is 6.92 Å². The Morgan fingerprint density at radius 2 is 1.71 bits per heavy atom. The van der Waals surface area contributed by atoms with Gasteiger partial charge in [-0.2, -0.15) is 0 Å². The van der Waals surface area contributed by atoms with Crippen molar-refractivity contribution < 1.29 is 4.42 Å². The lowest BCUT2D eigenvalue weighted by Gasteiger charge is -1.99. The zero-order valence-electron chi connectivity index (χ0n) is 9.00. The molecule has 0 aliphatic carbocycles. The molecule has 79 valence electrons. The molecule has 1 aromatic heterocycles. The van der Waals surface area contributed by atoms with Gasteiger partial charge in [0.2, 0.25) is 0 Å². The maximum Gasteiger partial charge on any atom is 0.103 e. The van der Waals surface area contributed by atoms with E-state index in [-0.39, 0.29) is 0 Å². The minimum Gasteiger partial charge on any atom is -0.469 e. The summed E-state index contributed by atoms with van der Waals surface area (Å²) in [5.41, 5.74) is 0. The van der Waals surface area contributed by atoms with Gasteiger partial charge in [-0.25, -0.2) is 0 Å². The Morgan fingerprint density at radius 3 is 2.36 bits per heavy atom. The van der Waals surface area contributed by atoms with Crippen LogP contribution >= 0.6 is 0 Å². The van der Waals surface area contributed by atoms with Crippen LogP contribution in [0.1, 0.15) is 50.7 Å². The van der Waals surface area contributed by atoms with Crippen molar-refractivity contribution in [2.75, 3.05) is 0 Å². The Hall–Kier alpha value is -0.720. The van der Waals surface area contributed by atoms with Gasteiger partial charge in [0.15, 0.2) is 0 Å². The standard InChI is InChI=1S/C13H21O/c1-2-3-4-5-6-7-8-10-13-11-9-12-14-13/h9,11-12H,1-8,10H2. The van der Waals surface area contributed by atoms with Gasteiger partial charge in [-0.3, -0.25) is 0 Å². The highest BCUT2D eigenvalue weighted by Gasteiger charge is 1.95. The number of hydrogen-bond donors (Lipinski definition) is 0. The summed E-state index contributed by atoms with van der Waals surface area (Å²) in [5, 5.41) is 0. The highest BCUT2D eigenvalue weighted by Crippen LogP contribution is 2.10. The Morgan fingerprint density at radius 1 is 1.00 bits per heavy atom. The van der Waals surface area contributed by atoms with Gasteiger partial charge in [0.25, 0.3) is 0 Å². The minimum atomic E-state index is 1.09. The van der Waals surface area contributed by atoms with Gasteiger partial charge < -0.3 is 4.42 Å². The molecule has 14 heavy (non-hydrogen) atoms. The molecule has 0 amide bonds. The molecule has 1 rings (SSSR count). The van der Waals surface area contributed by atoms with Crippen molar-refractivity contribution in [3.05, 3.63) is 31.1 Å². The van der Waals surface area contributed by atoms with Crippen molar-refractivity contribution in [3.63, 3.8) is 0 Å². The Bertz CT molecular complexity index is 201. The number of unbranched alkanes of at least 4 members (excludes halogenated alkanes) is 6. The second kappa shape index (κ2) is 7.66. The summed E-state index contributed by atoms with van der Waals surface area (Å²) in [6, 6.07) is 4.02. The van der Waals surface area contributed by atoms with Crippen LogP contribution in [-0.2, 0) is 6.42 Å². The van der Waals surface area contributed by atoms with Crippen LogP contribution in [0.15, 0.2) is 22.8 Å². The van der Waals surface area contributed by atoms with Crippen molar-refractivity contribution in [1.82, 2.24) is 0 Å². The van der Waals surface area contributed by atoms with Crippen LogP contribution in [0.5, 0.6) is 0 Å². The molecule has 1 heterocycles. The van der Waals surface area contributed by atoms with Crippen LogP contribution in [0.2, 0.25) is 0 Å². The van der Waals surface area contributed by atoms with Crippen LogP contribution in [-0.4, -0.2) is 0 Å². The lowest BCUT2D eigenvalue weighted by Crippen LogP contribution is -1.83. The van der Waals surface area contributed by atoms with Crippen molar-refractivity contribution >= 4 is 0 Å². The van der Waals surface area contributed by atoms with Gasteiger partial charge in [0, 0.05) is 6.42 Å². The first-order valence-corrected chi connectivity index (χ1v) is 5.75. The highest BCUT2D eigenvalue weighted by atomic mass is 16.3. The van der Waals surface area contributed by atoms with Crippen molar-refractivity contribution in [2.45, 2.75) is 51.4 Å². The van der Waals surface area contributed by atoms with E-state index < -0.39 is 0 Å². The third kappa shape index (κ3) is 5.11. The Labute approximate surface area is 87.5 Å². The third-order valence-corrected chi connectivity index (χ3v) is 2.50. The van der Waals surface area contributed by atoms with E-state index >= 15 is 0 Å². The first-order chi connectivity index (χ1) is 6.93. The van der Waals surface area contributed by atoms with Crippen LogP contribution in [0.4, 0.5) is 0 Å². The summed E-state index contributed by atoms with van der Waals surface area (Å²) < 4.78 is 5.27. The fraction of sp³-hybridized carbons (Fsp3) is 0.615. The van der Waals surface area contributed by atoms with Crippen molar-refractivity contribution in [3.8, 4) is 0 Å². The average Bonchev–Trinajstić information content (AvgIpc) is 2.69. The minimum absolute atomic E-state index is 1.09. The summed E-state index contributed by atoms with van der Waals surface area (Å²) in [4.78, 5) is 0. The predicted molar refractivity (Wildman–Crippen MR) is 60.1 cm³/mol. The van der Waals surface area contributed by atoms with Crippen LogP contribution in [0.25, 0.3) is 0 Å². The number of rotatable bonds is 8. The summed E-state index contributed by atoms with van der Waals surface area (Å²) in [6.45, 7) is 3.84. The van der Waals surface area contributed by atoms with E-state index in [2.05, 4.69) is 13.0 Å². The highest BCUT2D eigenvalue weighted by molar-refractivity contribution is 4.97. The summed E-state index contributed by atoms with van der Waals surface area (Å²) in [7, 11) is 0. The molecule has 1 heteroatoms. The molecule has 0 aliphatic heterocycles. The first kappa shape index (κ1) is 11.4. The van der Waals surface area contributed by atoms with E-state index in [4.69, 9.17) is 4.42 Å². The molecule has 0 fully saturated rings.